The Morgan fingerprint density at radius 1 is 1.18 bits per heavy atom. The number of unbranched alkanes of at least 4 members (excludes halogenated alkanes) is 1. The van der Waals surface area contributed by atoms with Crippen molar-refractivity contribution in [2.24, 2.45) is 0 Å². The van der Waals surface area contributed by atoms with E-state index < -0.39 is 18.4 Å². The van der Waals surface area contributed by atoms with Gasteiger partial charge in [0.2, 0.25) is 0 Å². The first-order valence-corrected chi connectivity index (χ1v) is 5.24. The lowest BCUT2D eigenvalue weighted by molar-refractivity contribution is -0.135. The number of nitrogens with two attached hydrogens (primary N) is 1. The molecule has 0 amide bonds. The zero-order valence-corrected chi connectivity index (χ0v) is 9.15. The minimum absolute atomic E-state index is 0.0473. The summed E-state index contributed by atoms with van der Waals surface area (Å²) in [4.78, 5) is 0. The van der Waals surface area contributed by atoms with Gasteiger partial charge in [0, 0.05) is 13.0 Å². The number of halogens is 4. The molecule has 96 valence electrons. The Balaban J connectivity index is 2.29. The molecule has 0 spiro atoms. The Morgan fingerprint density at radius 2 is 1.88 bits per heavy atom. The Hall–Kier alpha value is -1.46. The van der Waals surface area contributed by atoms with Gasteiger partial charge in [-0.3, -0.25) is 0 Å². The van der Waals surface area contributed by atoms with Crippen LogP contribution in [0.1, 0.15) is 19.3 Å². The average Bonchev–Trinajstić information content (AvgIpc) is 2.21. The second-order valence-corrected chi connectivity index (χ2v) is 3.73. The Kier molecular flexibility index (Phi) is 4.60. The molecule has 0 radical (unpaired) electrons. The molecule has 0 saturated heterocycles. The van der Waals surface area contributed by atoms with E-state index in [4.69, 9.17) is 5.73 Å². The predicted molar refractivity (Wildman–Crippen MR) is 59.2 cm³/mol. The zero-order chi connectivity index (χ0) is 12.9. The van der Waals surface area contributed by atoms with E-state index in [0.29, 0.717) is 24.3 Å². The largest absolute Gasteiger partial charge is 0.397 e. The molecule has 0 aliphatic carbocycles. The molecule has 0 fully saturated rings. The molecule has 0 unspecified atom stereocenters. The summed E-state index contributed by atoms with van der Waals surface area (Å²) >= 11 is 0. The minimum Gasteiger partial charge on any atom is -0.397 e. The average molecular weight is 250 g/mol. The number of benzene rings is 1. The van der Waals surface area contributed by atoms with Crippen molar-refractivity contribution in [1.29, 1.82) is 0 Å². The minimum atomic E-state index is -4.11. The summed E-state index contributed by atoms with van der Waals surface area (Å²) in [6.07, 6.45) is -4.51. The van der Waals surface area contributed by atoms with Crippen molar-refractivity contribution >= 4 is 11.4 Å². The van der Waals surface area contributed by atoms with E-state index in [1.165, 1.54) is 18.2 Å². The fourth-order valence-electron chi connectivity index (χ4n) is 1.36. The van der Waals surface area contributed by atoms with Gasteiger partial charge in [-0.15, -0.1) is 0 Å². The first-order valence-electron chi connectivity index (χ1n) is 5.24. The Labute approximate surface area is 96.8 Å². The van der Waals surface area contributed by atoms with Crippen LogP contribution in [0.3, 0.4) is 0 Å². The molecule has 0 aromatic heterocycles. The molecule has 0 atom stereocenters. The molecular weight excluding hydrogens is 236 g/mol. The van der Waals surface area contributed by atoms with E-state index >= 15 is 0 Å². The lowest BCUT2D eigenvalue weighted by Crippen LogP contribution is -2.09. The van der Waals surface area contributed by atoms with Crippen LogP contribution in [-0.2, 0) is 0 Å². The highest BCUT2D eigenvalue weighted by molar-refractivity contribution is 5.65. The maximum Gasteiger partial charge on any atom is 0.389 e. The highest BCUT2D eigenvalue weighted by Crippen LogP contribution is 2.23. The molecule has 0 bridgehead atoms. The van der Waals surface area contributed by atoms with Crippen molar-refractivity contribution in [3.05, 3.63) is 24.0 Å². The summed E-state index contributed by atoms with van der Waals surface area (Å²) in [7, 11) is 0. The fraction of sp³-hybridized carbons (Fsp3) is 0.455. The van der Waals surface area contributed by atoms with E-state index in [-0.39, 0.29) is 6.42 Å². The maximum atomic E-state index is 12.8. The molecule has 1 rings (SSSR count). The highest BCUT2D eigenvalue weighted by atomic mass is 19.4. The SMILES string of the molecule is Nc1ccc(F)cc1NCCCCC(F)(F)F. The number of hydrogen-bond donors (Lipinski definition) is 2. The van der Waals surface area contributed by atoms with Crippen molar-refractivity contribution in [2.75, 3.05) is 17.6 Å². The summed E-state index contributed by atoms with van der Waals surface area (Å²) in [5, 5.41) is 2.81. The number of hydrogen-bond acceptors (Lipinski definition) is 2. The van der Waals surface area contributed by atoms with Gasteiger partial charge in [-0.2, -0.15) is 13.2 Å². The molecule has 2 nitrogen and oxygen atoms in total. The monoisotopic (exact) mass is 250 g/mol. The summed E-state index contributed by atoms with van der Waals surface area (Å²) in [6.45, 7) is 0.337. The maximum absolute atomic E-state index is 12.8. The Morgan fingerprint density at radius 3 is 2.53 bits per heavy atom. The van der Waals surface area contributed by atoms with Gasteiger partial charge in [0.1, 0.15) is 5.82 Å². The van der Waals surface area contributed by atoms with Crippen molar-refractivity contribution in [3.8, 4) is 0 Å². The molecule has 6 heteroatoms. The molecule has 1 aromatic carbocycles. The molecular formula is C11H14F4N2. The summed E-state index contributed by atoms with van der Waals surface area (Å²) in [5.41, 5.74) is 6.36. The zero-order valence-electron chi connectivity index (χ0n) is 9.15. The van der Waals surface area contributed by atoms with Crippen molar-refractivity contribution < 1.29 is 17.6 Å². The smallest absolute Gasteiger partial charge is 0.389 e. The van der Waals surface area contributed by atoms with Crippen LogP contribution in [0.2, 0.25) is 0 Å². The fourth-order valence-corrected chi connectivity index (χ4v) is 1.36. The number of nitrogens with one attached hydrogen (secondary N) is 1. The second kappa shape index (κ2) is 5.75. The normalized spacial score (nSPS) is 11.5. The van der Waals surface area contributed by atoms with Gasteiger partial charge < -0.3 is 11.1 Å². The third-order valence-corrected chi connectivity index (χ3v) is 2.22. The predicted octanol–water partition coefficient (Wildman–Crippen LogP) is 3.55. The van der Waals surface area contributed by atoms with E-state index in [0.717, 1.165) is 0 Å². The van der Waals surface area contributed by atoms with Crippen LogP contribution in [0.25, 0.3) is 0 Å². The van der Waals surface area contributed by atoms with Crippen LogP contribution < -0.4 is 11.1 Å². The molecule has 0 saturated carbocycles. The van der Waals surface area contributed by atoms with Gasteiger partial charge in [0.05, 0.1) is 11.4 Å². The first-order chi connectivity index (χ1) is 7.88. The topological polar surface area (TPSA) is 38.0 Å². The first kappa shape index (κ1) is 13.6. The van der Waals surface area contributed by atoms with Crippen LogP contribution in [0.4, 0.5) is 28.9 Å². The van der Waals surface area contributed by atoms with Crippen molar-refractivity contribution in [3.63, 3.8) is 0 Å². The summed E-state index contributed by atoms with van der Waals surface area (Å²) < 4.78 is 48.3. The summed E-state index contributed by atoms with van der Waals surface area (Å²) in [6, 6.07) is 3.86. The second-order valence-electron chi connectivity index (χ2n) is 3.73. The van der Waals surface area contributed by atoms with E-state index in [2.05, 4.69) is 5.32 Å². The highest BCUT2D eigenvalue weighted by Gasteiger charge is 2.25. The van der Waals surface area contributed by atoms with Crippen LogP contribution in [-0.4, -0.2) is 12.7 Å². The van der Waals surface area contributed by atoms with Crippen LogP contribution in [0.5, 0.6) is 0 Å². The van der Waals surface area contributed by atoms with Gasteiger partial charge in [0.25, 0.3) is 0 Å². The Bertz CT molecular complexity index is 363. The van der Waals surface area contributed by atoms with E-state index in [1.807, 2.05) is 0 Å². The van der Waals surface area contributed by atoms with Gasteiger partial charge in [-0.1, -0.05) is 0 Å². The quantitative estimate of drug-likeness (QED) is 0.476. The third-order valence-electron chi connectivity index (χ3n) is 2.22. The lowest BCUT2D eigenvalue weighted by Gasteiger charge is -2.10. The van der Waals surface area contributed by atoms with Crippen LogP contribution in [0.15, 0.2) is 18.2 Å². The van der Waals surface area contributed by atoms with Gasteiger partial charge in [0.15, 0.2) is 0 Å². The van der Waals surface area contributed by atoms with Gasteiger partial charge >= 0.3 is 6.18 Å². The molecule has 1 aromatic rings. The van der Waals surface area contributed by atoms with Gasteiger partial charge in [-0.25, -0.2) is 4.39 Å². The molecule has 17 heavy (non-hydrogen) atoms. The number of anilines is 2. The summed E-state index contributed by atoms with van der Waals surface area (Å²) in [5.74, 6) is -0.433. The van der Waals surface area contributed by atoms with Crippen molar-refractivity contribution in [1.82, 2.24) is 0 Å². The molecule has 0 aliphatic heterocycles. The number of rotatable bonds is 5. The number of nitrogen functional groups attached to an aromatic ring is 1. The number of alkyl halides is 3. The standard InChI is InChI=1S/C11H14F4N2/c12-8-3-4-9(16)10(7-8)17-6-2-1-5-11(13,14)15/h3-4,7,17H,1-2,5-6,16H2. The van der Waals surface area contributed by atoms with E-state index in [1.54, 1.807) is 0 Å². The lowest BCUT2D eigenvalue weighted by atomic mass is 10.2. The molecule has 0 aliphatic rings. The molecule has 0 heterocycles. The molecule has 3 N–H and O–H groups in total. The van der Waals surface area contributed by atoms with Crippen molar-refractivity contribution in [2.45, 2.75) is 25.4 Å². The third kappa shape index (κ3) is 5.42. The van der Waals surface area contributed by atoms with Crippen LogP contribution in [0, 0.1) is 5.82 Å². The van der Waals surface area contributed by atoms with Gasteiger partial charge in [-0.05, 0) is 31.0 Å². The van der Waals surface area contributed by atoms with E-state index in [9.17, 15) is 17.6 Å². The van der Waals surface area contributed by atoms with Crippen LogP contribution >= 0.6 is 0 Å².